The number of imidazole rings is 1. The molecule has 2 aromatic heterocycles. The van der Waals surface area contributed by atoms with Crippen molar-refractivity contribution in [2.24, 2.45) is 5.73 Å². The third-order valence-corrected chi connectivity index (χ3v) is 3.48. The van der Waals surface area contributed by atoms with Crippen molar-refractivity contribution in [2.75, 3.05) is 18.5 Å². The number of nitrogens with two attached hydrogens (primary N) is 1. The summed E-state index contributed by atoms with van der Waals surface area (Å²) in [5.74, 6) is -0.126. The number of aromatic nitrogens is 4. The van der Waals surface area contributed by atoms with Gasteiger partial charge in [-0.3, -0.25) is 9.36 Å². The lowest BCUT2D eigenvalue weighted by Crippen LogP contribution is -2.24. The van der Waals surface area contributed by atoms with Crippen molar-refractivity contribution in [1.82, 2.24) is 19.5 Å². The number of amides is 1. The number of carbonyl (C=O) groups excluding carboxylic acids is 1. The van der Waals surface area contributed by atoms with Gasteiger partial charge in [-0.1, -0.05) is 0 Å². The SMILES string of the molecule is NC(=O)CNc1ncnc2c1ncn2[C@H]1C[C@@H](O)[C@@H](CO)O1. The molecule has 118 valence electrons. The van der Waals surface area contributed by atoms with Crippen LogP contribution in [-0.2, 0) is 9.53 Å². The van der Waals surface area contributed by atoms with Gasteiger partial charge in [-0.25, -0.2) is 15.0 Å². The number of ether oxygens (including phenoxy) is 1. The highest BCUT2D eigenvalue weighted by atomic mass is 16.5. The zero-order chi connectivity index (χ0) is 15.7. The zero-order valence-corrected chi connectivity index (χ0v) is 11.6. The maximum atomic E-state index is 10.8. The molecule has 3 heterocycles. The molecular formula is C12H16N6O4. The minimum Gasteiger partial charge on any atom is -0.394 e. The third-order valence-electron chi connectivity index (χ3n) is 3.48. The fourth-order valence-electron chi connectivity index (χ4n) is 2.41. The first kappa shape index (κ1) is 14.6. The van der Waals surface area contributed by atoms with Gasteiger partial charge in [0.2, 0.25) is 5.91 Å². The molecular weight excluding hydrogens is 292 g/mol. The Bertz CT molecular complexity index is 689. The number of nitrogens with one attached hydrogen (secondary N) is 1. The maximum Gasteiger partial charge on any atom is 0.236 e. The molecule has 0 aromatic carbocycles. The van der Waals surface area contributed by atoms with E-state index >= 15 is 0 Å². The summed E-state index contributed by atoms with van der Waals surface area (Å²) in [6.45, 7) is -0.325. The Morgan fingerprint density at radius 2 is 2.32 bits per heavy atom. The number of aliphatic hydroxyl groups is 2. The van der Waals surface area contributed by atoms with E-state index in [1.165, 1.54) is 12.7 Å². The lowest BCUT2D eigenvalue weighted by atomic mass is 10.2. The molecule has 1 fully saturated rings. The topological polar surface area (TPSA) is 148 Å². The molecule has 3 atom stereocenters. The number of aliphatic hydroxyl groups excluding tert-OH is 2. The number of nitrogens with zero attached hydrogens (tertiary/aromatic N) is 4. The summed E-state index contributed by atoms with van der Waals surface area (Å²) in [5, 5.41) is 21.7. The second-order valence-corrected chi connectivity index (χ2v) is 4.98. The van der Waals surface area contributed by atoms with Crippen LogP contribution in [0.1, 0.15) is 12.6 Å². The van der Waals surface area contributed by atoms with Crippen molar-refractivity contribution >= 4 is 22.9 Å². The van der Waals surface area contributed by atoms with Crippen LogP contribution in [-0.4, -0.2) is 61.0 Å². The molecule has 10 nitrogen and oxygen atoms in total. The van der Waals surface area contributed by atoms with Crippen LogP contribution in [0.4, 0.5) is 5.82 Å². The molecule has 1 aliphatic heterocycles. The number of rotatable bonds is 5. The molecule has 22 heavy (non-hydrogen) atoms. The highest BCUT2D eigenvalue weighted by molar-refractivity contribution is 5.86. The van der Waals surface area contributed by atoms with Crippen molar-refractivity contribution in [3.63, 3.8) is 0 Å². The Hall–Kier alpha value is -2.30. The lowest BCUT2D eigenvalue weighted by molar-refractivity contribution is -0.116. The van der Waals surface area contributed by atoms with Crippen LogP contribution in [0.3, 0.4) is 0 Å². The fraction of sp³-hybridized carbons (Fsp3) is 0.500. The minimum absolute atomic E-state index is 0.0653. The number of hydrogen-bond acceptors (Lipinski definition) is 8. The van der Waals surface area contributed by atoms with Gasteiger partial charge in [0.1, 0.15) is 18.7 Å². The van der Waals surface area contributed by atoms with Crippen LogP contribution in [0.2, 0.25) is 0 Å². The van der Waals surface area contributed by atoms with Gasteiger partial charge in [0.05, 0.1) is 25.6 Å². The molecule has 2 aromatic rings. The van der Waals surface area contributed by atoms with Crippen molar-refractivity contribution in [3.8, 4) is 0 Å². The van der Waals surface area contributed by atoms with Gasteiger partial charge in [0.15, 0.2) is 17.0 Å². The molecule has 0 unspecified atom stereocenters. The molecule has 0 saturated carbocycles. The predicted molar refractivity (Wildman–Crippen MR) is 74.6 cm³/mol. The fourth-order valence-corrected chi connectivity index (χ4v) is 2.41. The highest BCUT2D eigenvalue weighted by Crippen LogP contribution is 2.31. The van der Waals surface area contributed by atoms with E-state index in [-0.39, 0.29) is 13.2 Å². The Labute approximate surface area is 124 Å². The second kappa shape index (κ2) is 5.83. The summed E-state index contributed by atoms with van der Waals surface area (Å²) >= 11 is 0. The molecule has 0 radical (unpaired) electrons. The summed E-state index contributed by atoms with van der Waals surface area (Å²) in [5.41, 5.74) is 6.06. The molecule has 10 heteroatoms. The Morgan fingerprint density at radius 3 is 3.00 bits per heavy atom. The molecule has 0 aliphatic carbocycles. The Morgan fingerprint density at radius 1 is 1.50 bits per heavy atom. The van der Waals surface area contributed by atoms with E-state index in [1.807, 2.05) is 0 Å². The quantitative estimate of drug-likeness (QED) is 0.514. The molecule has 0 spiro atoms. The summed E-state index contributed by atoms with van der Waals surface area (Å²) in [6.07, 6.45) is 1.32. The van der Waals surface area contributed by atoms with Crippen molar-refractivity contribution in [1.29, 1.82) is 0 Å². The van der Waals surface area contributed by atoms with Gasteiger partial charge in [0.25, 0.3) is 0 Å². The number of hydrogen-bond donors (Lipinski definition) is 4. The number of carbonyl (C=O) groups is 1. The summed E-state index contributed by atoms with van der Waals surface area (Å²) in [4.78, 5) is 23.3. The molecule has 1 aliphatic rings. The summed E-state index contributed by atoms with van der Waals surface area (Å²) in [6, 6.07) is 0. The van der Waals surface area contributed by atoms with Gasteiger partial charge >= 0.3 is 0 Å². The van der Waals surface area contributed by atoms with E-state index in [0.717, 1.165) is 0 Å². The van der Waals surface area contributed by atoms with Gasteiger partial charge in [0, 0.05) is 6.42 Å². The first-order valence-electron chi connectivity index (χ1n) is 6.74. The average molecular weight is 308 g/mol. The lowest BCUT2D eigenvalue weighted by Gasteiger charge is -2.13. The second-order valence-electron chi connectivity index (χ2n) is 4.98. The van der Waals surface area contributed by atoms with E-state index in [9.17, 15) is 9.90 Å². The smallest absolute Gasteiger partial charge is 0.236 e. The van der Waals surface area contributed by atoms with Crippen molar-refractivity contribution in [2.45, 2.75) is 24.9 Å². The van der Waals surface area contributed by atoms with Crippen molar-refractivity contribution < 1.29 is 19.7 Å². The van der Waals surface area contributed by atoms with E-state index < -0.39 is 24.3 Å². The van der Waals surface area contributed by atoms with E-state index in [4.69, 9.17) is 15.6 Å². The van der Waals surface area contributed by atoms with Crippen LogP contribution >= 0.6 is 0 Å². The molecule has 3 rings (SSSR count). The van der Waals surface area contributed by atoms with E-state index in [2.05, 4.69) is 20.3 Å². The van der Waals surface area contributed by atoms with E-state index in [0.29, 0.717) is 23.4 Å². The molecule has 1 amide bonds. The van der Waals surface area contributed by atoms with Gasteiger partial charge in [-0.05, 0) is 0 Å². The molecule has 5 N–H and O–H groups in total. The van der Waals surface area contributed by atoms with Crippen LogP contribution in [0.25, 0.3) is 11.2 Å². The largest absolute Gasteiger partial charge is 0.394 e. The van der Waals surface area contributed by atoms with Crippen molar-refractivity contribution in [3.05, 3.63) is 12.7 Å². The molecule has 1 saturated heterocycles. The van der Waals surface area contributed by atoms with Crippen LogP contribution in [0.5, 0.6) is 0 Å². The zero-order valence-electron chi connectivity index (χ0n) is 11.6. The number of primary amides is 1. The number of anilines is 1. The first-order valence-corrected chi connectivity index (χ1v) is 6.74. The van der Waals surface area contributed by atoms with Crippen LogP contribution < -0.4 is 11.1 Å². The Balaban J connectivity index is 1.89. The van der Waals surface area contributed by atoms with Crippen LogP contribution in [0, 0.1) is 0 Å². The highest BCUT2D eigenvalue weighted by Gasteiger charge is 2.35. The van der Waals surface area contributed by atoms with Gasteiger partial charge in [-0.15, -0.1) is 0 Å². The Kier molecular flexibility index (Phi) is 3.88. The summed E-state index contributed by atoms with van der Waals surface area (Å²) < 4.78 is 7.24. The standard InChI is InChI=1S/C12H16N6O4/c13-8(21)2-14-11-10-12(16-4-15-11)18(5-17-10)9-1-6(20)7(3-19)22-9/h4-7,9,19-20H,1-3H2,(H2,13,21)(H,14,15,16)/t6-,7-,9-/m1/s1. The third kappa shape index (κ3) is 2.58. The maximum absolute atomic E-state index is 10.8. The number of fused-ring (bicyclic) bond motifs is 1. The van der Waals surface area contributed by atoms with Gasteiger partial charge in [-0.2, -0.15) is 0 Å². The molecule has 0 bridgehead atoms. The van der Waals surface area contributed by atoms with Gasteiger partial charge < -0.3 is 26.0 Å². The van der Waals surface area contributed by atoms with Crippen LogP contribution in [0.15, 0.2) is 12.7 Å². The normalized spacial score (nSPS) is 24.7. The first-order chi connectivity index (χ1) is 10.6. The predicted octanol–water partition coefficient (Wildman–Crippen LogP) is -1.64. The van der Waals surface area contributed by atoms with E-state index in [1.54, 1.807) is 4.57 Å². The minimum atomic E-state index is -0.748. The monoisotopic (exact) mass is 308 g/mol. The average Bonchev–Trinajstić information content (AvgIpc) is 3.08. The summed E-state index contributed by atoms with van der Waals surface area (Å²) in [7, 11) is 0.